The van der Waals surface area contributed by atoms with Gasteiger partial charge in [0.15, 0.2) is 5.96 Å². The van der Waals surface area contributed by atoms with Crippen molar-refractivity contribution in [3.63, 3.8) is 0 Å². The standard InChI is InChI=1S/C22H32N6.HI/c1-19-7-5-9-21(17-19)28-15-13-27(14-16-28)12-6-11-25-22(23-2)26-18-20-8-3-4-10-24-20;/h3-5,7-10,17H,6,11-16,18H2,1-2H3,(H2,23,25,26);1H. The van der Waals surface area contributed by atoms with Gasteiger partial charge in [-0.2, -0.15) is 0 Å². The largest absolute Gasteiger partial charge is 0.369 e. The van der Waals surface area contributed by atoms with Crippen molar-refractivity contribution in [2.24, 2.45) is 4.99 Å². The lowest BCUT2D eigenvalue weighted by Gasteiger charge is -2.36. The number of halogens is 1. The molecular formula is C22H33IN6. The van der Waals surface area contributed by atoms with E-state index in [1.165, 1.54) is 11.3 Å². The van der Waals surface area contributed by atoms with Crippen LogP contribution in [-0.4, -0.2) is 62.2 Å². The predicted octanol–water partition coefficient (Wildman–Crippen LogP) is 2.89. The third-order valence-electron chi connectivity index (χ3n) is 5.07. The van der Waals surface area contributed by atoms with Crippen LogP contribution >= 0.6 is 24.0 Å². The Bertz CT molecular complexity index is 744. The molecule has 1 aromatic carbocycles. The lowest BCUT2D eigenvalue weighted by atomic mass is 10.2. The monoisotopic (exact) mass is 508 g/mol. The molecule has 0 unspecified atom stereocenters. The molecule has 158 valence electrons. The average molecular weight is 508 g/mol. The molecule has 29 heavy (non-hydrogen) atoms. The molecule has 0 bridgehead atoms. The van der Waals surface area contributed by atoms with Crippen LogP contribution in [0.3, 0.4) is 0 Å². The molecule has 1 aliphatic rings. The van der Waals surface area contributed by atoms with Gasteiger partial charge in [0.05, 0.1) is 12.2 Å². The summed E-state index contributed by atoms with van der Waals surface area (Å²) >= 11 is 0. The highest BCUT2D eigenvalue weighted by molar-refractivity contribution is 14.0. The van der Waals surface area contributed by atoms with Crippen LogP contribution in [0.15, 0.2) is 53.7 Å². The number of pyridine rings is 1. The van der Waals surface area contributed by atoms with E-state index in [1.54, 1.807) is 7.05 Å². The molecule has 2 heterocycles. The van der Waals surface area contributed by atoms with Gasteiger partial charge in [0, 0.05) is 51.7 Å². The van der Waals surface area contributed by atoms with E-state index < -0.39 is 0 Å². The predicted molar refractivity (Wildman–Crippen MR) is 132 cm³/mol. The van der Waals surface area contributed by atoms with Gasteiger partial charge in [0.2, 0.25) is 0 Å². The Morgan fingerprint density at radius 1 is 1.07 bits per heavy atom. The van der Waals surface area contributed by atoms with Gasteiger partial charge in [-0.05, 0) is 49.7 Å². The first-order chi connectivity index (χ1) is 13.7. The molecule has 0 saturated carbocycles. The van der Waals surface area contributed by atoms with Crippen molar-refractivity contribution in [1.29, 1.82) is 0 Å². The fourth-order valence-corrected chi connectivity index (χ4v) is 3.46. The van der Waals surface area contributed by atoms with Gasteiger partial charge in [-0.25, -0.2) is 0 Å². The van der Waals surface area contributed by atoms with Gasteiger partial charge in [0.25, 0.3) is 0 Å². The van der Waals surface area contributed by atoms with E-state index in [0.29, 0.717) is 6.54 Å². The first-order valence-corrected chi connectivity index (χ1v) is 10.1. The molecular weight excluding hydrogens is 475 g/mol. The second-order valence-electron chi connectivity index (χ2n) is 7.19. The SMILES string of the molecule is CN=C(NCCCN1CCN(c2cccc(C)c2)CC1)NCc1ccccn1.I. The molecule has 7 heteroatoms. The fraction of sp³-hybridized carbons (Fsp3) is 0.455. The minimum absolute atomic E-state index is 0. The lowest BCUT2D eigenvalue weighted by Crippen LogP contribution is -2.47. The molecule has 6 nitrogen and oxygen atoms in total. The summed E-state index contributed by atoms with van der Waals surface area (Å²) in [6, 6.07) is 14.7. The molecule has 1 fully saturated rings. The van der Waals surface area contributed by atoms with Crippen LogP contribution in [0.25, 0.3) is 0 Å². The zero-order chi connectivity index (χ0) is 19.6. The van der Waals surface area contributed by atoms with E-state index in [9.17, 15) is 0 Å². The third kappa shape index (κ3) is 7.81. The highest BCUT2D eigenvalue weighted by Crippen LogP contribution is 2.17. The molecule has 1 aliphatic heterocycles. The number of hydrogen-bond donors (Lipinski definition) is 2. The van der Waals surface area contributed by atoms with Gasteiger partial charge in [0.1, 0.15) is 0 Å². The molecule has 0 radical (unpaired) electrons. The fourth-order valence-electron chi connectivity index (χ4n) is 3.46. The minimum Gasteiger partial charge on any atom is -0.369 e. The summed E-state index contributed by atoms with van der Waals surface area (Å²) in [6.07, 6.45) is 2.92. The smallest absolute Gasteiger partial charge is 0.191 e. The van der Waals surface area contributed by atoms with Crippen LogP contribution in [0.4, 0.5) is 5.69 Å². The number of aliphatic imine (C=N–C) groups is 1. The average Bonchev–Trinajstić information content (AvgIpc) is 2.74. The highest BCUT2D eigenvalue weighted by Gasteiger charge is 2.16. The molecule has 3 rings (SSSR count). The molecule has 0 atom stereocenters. The second kappa shape index (κ2) is 12.6. The Hall–Kier alpha value is -1.87. The van der Waals surface area contributed by atoms with Crippen molar-refractivity contribution < 1.29 is 0 Å². The Kier molecular flexibility index (Phi) is 10.2. The molecule has 1 aromatic heterocycles. The van der Waals surface area contributed by atoms with Crippen LogP contribution in [0, 0.1) is 6.92 Å². The summed E-state index contributed by atoms with van der Waals surface area (Å²) in [4.78, 5) is 13.6. The Labute approximate surface area is 191 Å². The summed E-state index contributed by atoms with van der Waals surface area (Å²) in [6.45, 7) is 9.33. The van der Waals surface area contributed by atoms with Crippen LogP contribution < -0.4 is 15.5 Å². The number of anilines is 1. The maximum absolute atomic E-state index is 4.32. The van der Waals surface area contributed by atoms with Crippen LogP contribution in [0.1, 0.15) is 17.7 Å². The van der Waals surface area contributed by atoms with Crippen LogP contribution in [0.5, 0.6) is 0 Å². The van der Waals surface area contributed by atoms with Crippen molar-refractivity contribution >= 4 is 35.6 Å². The van der Waals surface area contributed by atoms with E-state index in [0.717, 1.165) is 57.3 Å². The van der Waals surface area contributed by atoms with E-state index in [-0.39, 0.29) is 24.0 Å². The van der Waals surface area contributed by atoms with Gasteiger partial charge in [-0.15, -0.1) is 24.0 Å². The first kappa shape index (κ1) is 23.4. The Morgan fingerprint density at radius 2 is 1.90 bits per heavy atom. The molecule has 2 aromatic rings. The van der Waals surface area contributed by atoms with Crippen molar-refractivity contribution in [1.82, 2.24) is 20.5 Å². The molecule has 0 spiro atoms. The third-order valence-corrected chi connectivity index (χ3v) is 5.07. The number of aryl methyl sites for hydroxylation is 1. The number of nitrogens with one attached hydrogen (secondary N) is 2. The summed E-state index contributed by atoms with van der Waals surface area (Å²) in [5.41, 5.74) is 3.69. The number of nitrogens with zero attached hydrogens (tertiary/aromatic N) is 4. The van der Waals surface area contributed by atoms with Gasteiger partial charge in [-0.3, -0.25) is 14.9 Å². The van der Waals surface area contributed by atoms with Gasteiger partial charge >= 0.3 is 0 Å². The van der Waals surface area contributed by atoms with Crippen molar-refractivity contribution in [3.05, 3.63) is 59.9 Å². The summed E-state index contributed by atoms with van der Waals surface area (Å²) < 4.78 is 0. The summed E-state index contributed by atoms with van der Waals surface area (Å²) in [7, 11) is 1.80. The summed E-state index contributed by atoms with van der Waals surface area (Å²) in [5.74, 6) is 0.829. The lowest BCUT2D eigenvalue weighted by molar-refractivity contribution is 0.255. The minimum atomic E-state index is 0. The van der Waals surface area contributed by atoms with E-state index in [2.05, 4.69) is 61.6 Å². The van der Waals surface area contributed by atoms with Gasteiger partial charge in [-0.1, -0.05) is 18.2 Å². The molecule has 1 saturated heterocycles. The Morgan fingerprint density at radius 3 is 2.59 bits per heavy atom. The van der Waals surface area contributed by atoms with E-state index in [1.807, 2.05) is 24.4 Å². The topological polar surface area (TPSA) is 55.8 Å². The zero-order valence-corrected chi connectivity index (χ0v) is 19.8. The maximum Gasteiger partial charge on any atom is 0.191 e. The molecule has 0 amide bonds. The Balaban J connectivity index is 0.00000300. The second-order valence-corrected chi connectivity index (χ2v) is 7.19. The quantitative estimate of drug-likeness (QED) is 0.261. The van der Waals surface area contributed by atoms with E-state index in [4.69, 9.17) is 0 Å². The van der Waals surface area contributed by atoms with E-state index >= 15 is 0 Å². The van der Waals surface area contributed by atoms with Crippen molar-refractivity contribution in [2.75, 3.05) is 51.2 Å². The number of guanidine groups is 1. The number of aromatic nitrogens is 1. The van der Waals surface area contributed by atoms with Crippen LogP contribution in [0.2, 0.25) is 0 Å². The molecule has 2 N–H and O–H groups in total. The van der Waals surface area contributed by atoms with Crippen molar-refractivity contribution in [2.45, 2.75) is 19.9 Å². The highest BCUT2D eigenvalue weighted by atomic mass is 127. The number of hydrogen-bond acceptors (Lipinski definition) is 4. The number of piperazine rings is 1. The number of benzene rings is 1. The maximum atomic E-state index is 4.32. The van der Waals surface area contributed by atoms with Crippen LogP contribution in [-0.2, 0) is 6.54 Å². The zero-order valence-electron chi connectivity index (χ0n) is 17.5. The van der Waals surface area contributed by atoms with Gasteiger partial charge < -0.3 is 15.5 Å². The molecule has 0 aliphatic carbocycles. The summed E-state index contributed by atoms with van der Waals surface area (Å²) in [5, 5.41) is 6.70. The number of rotatable bonds is 7. The first-order valence-electron chi connectivity index (χ1n) is 10.1. The normalized spacial score (nSPS) is 15.0. The van der Waals surface area contributed by atoms with Crippen molar-refractivity contribution in [3.8, 4) is 0 Å².